The van der Waals surface area contributed by atoms with E-state index in [0.29, 0.717) is 91.2 Å². The summed E-state index contributed by atoms with van der Waals surface area (Å²) in [6, 6.07) is 14.9. The van der Waals surface area contributed by atoms with Gasteiger partial charge in [0.2, 0.25) is 17.8 Å². The van der Waals surface area contributed by atoms with Gasteiger partial charge in [0.25, 0.3) is 5.91 Å². The number of aromatic nitrogens is 4. The molecular formula is C51H56N8O11. The fraction of sp³-hybridized carbons (Fsp3) is 0.373. The fourth-order valence-electron chi connectivity index (χ4n) is 9.08. The van der Waals surface area contributed by atoms with E-state index in [1.165, 1.54) is 22.6 Å². The Labute approximate surface area is 404 Å². The zero-order valence-corrected chi connectivity index (χ0v) is 39.9. The van der Waals surface area contributed by atoms with Crippen LogP contribution in [-0.2, 0) is 36.8 Å². The summed E-state index contributed by atoms with van der Waals surface area (Å²) in [5, 5.41) is 43.6. The first-order chi connectivity index (χ1) is 33.6. The summed E-state index contributed by atoms with van der Waals surface area (Å²) < 4.78 is 18.8. The van der Waals surface area contributed by atoms with E-state index in [4.69, 9.17) is 19.2 Å². The number of nitrogens with one attached hydrogen (secondary N) is 1. The lowest BCUT2D eigenvalue weighted by Crippen LogP contribution is -2.43. The van der Waals surface area contributed by atoms with Gasteiger partial charge in [0.15, 0.2) is 5.82 Å². The zero-order valence-electron chi connectivity index (χ0n) is 39.9. The second-order valence-corrected chi connectivity index (χ2v) is 17.8. The topological polar surface area (TPSA) is 239 Å². The predicted octanol–water partition coefficient (Wildman–Crippen LogP) is 5.77. The van der Waals surface area contributed by atoms with Crippen molar-refractivity contribution in [2.45, 2.75) is 78.0 Å². The molecule has 1 fully saturated rings. The van der Waals surface area contributed by atoms with E-state index in [9.17, 15) is 39.3 Å². The third-order valence-electron chi connectivity index (χ3n) is 12.9. The number of pyridine rings is 1. The van der Waals surface area contributed by atoms with Crippen LogP contribution in [-0.4, -0.2) is 139 Å². The number of esters is 1. The van der Waals surface area contributed by atoms with Gasteiger partial charge in [-0.2, -0.15) is 0 Å². The number of piperidine rings is 1. The molecule has 19 heteroatoms. The van der Waals surface area contributed by atoms with Crippen molar-refractivity contribution >= 4 is 46.8 Å². The highest BCUT2D eigenvalue weighted by Gasteiger charge is 2.37. The molecule has 2 aromatic heterocycles. The lowest BCUT2D eigenvalue weighted by Gasteiger charge is -2.32. The highest BCUT2D eigenvalue weighted by atomic mass is 16.6. The smallest absolute Gasteiger partial charge is 0.410 e. The number of hydrogen-bond donors (Lipinski definition) is 4. The third kappa shape index (κ3) is 9.68. The predicted molar refractivity (Wildman–Crippen MR) is 256 cm³/mol. The molecule has 5 heterocycles. The van der Waals surface area contributed by atoms with Crippen LogP contribution in [0.3, 0.4) is 0 Å². The number of nitrogens with zero attached hydrogens (tertiary/aromatic N) is 7. The van der Waals surface area contributed by atoms with Gasteiger partial charge in [-0.05, 0) is 85.0 Å². The molecule has 1 saturated heterocycles. The van der Waals surface area contributed by atoms with Crippen LogP contribution in [0.1, 0.15) is 85.9 Å². The molecule has 3 amide bonds. The number of carbonyl (C=O) groups is 5. The summed E-state index contributed by atoms with van der Waals surface area (Å²) in [5.41, 5.74) is 5.64. The summed E-state index contributed by atoms with van der Waals surface area (Å²) in [4.78, 5) is 75.3. The van der Waals surface area contributed by atoms with Gasteiger partial charge < -0.3 is 49.5 Å². The van der Waals surface area contributed by atoms with Gasteiger partial charge in [0.1, 0.15) is 42.0 Å². The molecule has 0 spiro atoms. The zero-order chi connectivity index (χ0) is 50.0. The first-order valence-corrected chi connectivity index (χ1v) is 23.3. The molecule has 5 aromatic rings. The average molecular weight is 957 g/mol. The molecule has 3 aliphatic rings. The monoisotopic (exact) mass is 956 g/mol. The van der Waals surface area contributed by atoms with Gasteiger partial charge in [-0.1, -0.05) is 20.8 Å². The van der Waals surface area contributed by atoms with Crippen molar-refractivity contribution < 1.29 is 53.5 Å². The van der Waals surface area contributed by atoms with Crippen LogP contribution in [0.25, 0.3) is 33.7 Å². The Morgan fingerprint density at radius 2 is 1.74 bits per heavy atom. The summed E-state index contributed by atoms with van der Waals surface area (Å²) >= 11 is 0. The minimum absolute atomic E-state index is 0.00640. The standard InChI is InChI=1S/C51H56N8O11/c1-7-34-37-21-31(61)11-14-40(37)53-45-39(34)25-57(6)41(45)23-36-29(26-60)27-68-50(66)46(36)70-51(67)56(5)18-17-44(64)58-19-15-33(16-20-58)69-32-12-9-30(10-13-32)59-47(54-55-48(59)49(65)52-8-2)38-22-35(28(3)4)42(62)24-43(38)63/h9-14,21-24,26,28,33,46,61-63H,7-8,15-20,25,27H2,1-6H3,(H,52,65)/b41-23-. The van der Waals surface area contributed by atoms with Crippen LogP contribution in [0.4, 0.5) is 4.79 Å². The Bertz CT molecular complexity index is 2940. The van der Waals surface area contributed by atoms with E-state index in [2.05, 4.69) is 15.5 Å². The number of likely N-dealkylation sites (tertiary alicyclic amines) is 1. The summed E-state index contributed by atoms with van der Waals surface area (Å²) in [6.45, 7) is 9.01. The van der Waals surface area contributed by atoms with Crippen LogP contribution >= 0.6 is 0 Å². The van der Waals surface area contributed by atoms with Crippen molar-refractivity contribution in [2.75, 3.05) is 46.9 Å². The van der Waals surface area contributed by atoms with Gasteiger partial charge >= 0.3 is 12.1 Å². The lowest BCUT2D eigenvalue weighted by atomic mass is 9.97. The number of rotatable bonds is 14. The van der Waals surface area contributed by atoms with Crippen LogP contribution < -0.4 is 10.1 Å². The number of aromatic hydroxyl groups is 3. The molecule has 4 N–H and O–H groups in total. The molecule has 0 aliphatic carbocycles. The number of benzene rings is 3. The van der Waals surface area contributed by atoms with Gasteiger partial charge in [-0.15, -0.1) is 10.2 Å². The number of fused-ring (bicyclic) bond motifs is 2. The Hall–Kier alpha value is -7.96. The highest BCUT2D eigenvalue weighted by Crippen LogP contribution is 2.40. The number of carbonyl (C=O) groups excluding carboxylic acids is 5. The summed E-state index contributed by atoms with van der Waals surface area (Å²) in [6.07, 6.45) is 1.34. The van der Waals surface area contributed by atoms with E-state index < -0.39 is 24.1 Å². The van der Waals surface area contributed by atoms with Crippen LogP contribution in [0, 0.1) is 0 Å². The third-order valence-corrected chi connectivity index (χ3v) is 12.9. The van der Waals surface area contributed by atoms with Gasteiger partial charge in [-0.25, -0.2) is 14.6 Å². The maximum atomic E-state index is 13.5. The van der Waals surface area contributed by atoms with E-state index in [-0.39, 0.29) is 77.5 Å². The molecule has 0 radical (unpaired) electrons. The van der Waals surface area contributed by atoms with Crippen molar-refractivity contribution in [1.82, 2.24) is 39.8 Å². The lowest BCUT2D eigenvalue weighted by molar-refractivity contribution is -0.152. The first-order valence-electron chi connectivity index (χ1n) is 23.3. The molecule has 0 bridgehead atoms. The number of amides is 3. The number of cyclic esters (lactones) is 1. The molecule has 3 aliphatic heterocycles. The van der Waals surface area contributed by atoms with E-state index in [1.54, 1.807) is 66.4 Å². The van der Waals surface area contributed by atoms with Crippen molar-refractivity contribution in [1.29, 1.82) is 0 Å². The molecule has 8 rings (SSSR count). The fourth-order valence-corrected chi connectivity index (χ4v) is 9.08. The second-order valence-electron chi connectivity index (χ2n) is 17.8. The van der Waals surface area contributed by atoms with Crippen molar-refractivity contribution in [3.05, 3.63) is 100 Å². The minimum Gasteiger partial charge on any atom is -0.508 e. The first kappa shape index (κ1) is 48.5. The maximum Gasteiger partial charge on any atom is 0.410 e. The SMILES string of the molecule is CCNC(=O)c1nnc(-c2cc(C(C)C)c(O)cc2O)n1-c1ccc(OC2CCN(C(=O)CCN(C)C(=O)OC3C(=O)OCC(C=O)=C3/C=C3/c4nc5ccc(O)cc5c(CC)c4CN3C)CC2)cc1. The Morgan fingerprint density at radius 3 is 2.43 bits per heavy atom. The molecule has 70 heavy (non-hydrogen) atoms. The van der Waals surface area contributed by atoms with E-state index in [0.717, 1.165) is 16.5 Å². The second kappa shape index (κ2) is 20.3. The van der Waals surface area contributed by atoms with Crippen molar-refractivity contribution in [2.24, 2.45) is 0 Å². The van der Waals surface area contributed by atoms with Gasteiger partial charge in [0, 0.05) is 99.9 Å². The molecule has 366 valence electrons. The Morgan fingerprint density at radius 1 is 1.00 bits per heavy atom. The van der Waals surface area contributed by atoms with Crippen molar-refractivity contribution in [3.8, 4) is 40.1 Å². The molecular weight excluding hydrogens is 901 g/mol. The number of aryl methyl sites for hydroxylation is 1. The summed E-state index contributed by atoms with van der Waals surface area (Å²) in [7, 11) is 3.32. The average Bonchev–Trinajstić information content (AvgIpc) is 3.92. The van der Waals surface area contributed by atoms with Crippen LogP contribution in [0.15, 0.2) is 71.8 Å². The van der Waals surface area contributed by atoms with Crippen molar-refractivity contribution in [3.63, 3.8) is 0 Å². The van der Waals surface area contributed by atoms with Gasteiger partial charge in [0.05, 0.1) is 22.5 Å². The number of hydrogen-bond acceptors (Lipinski definition) is 15. The number of aldehydes is 1. The Balaban J connectivity index is 0.882. The largest absolute Gasteiger partial charge is 0.508 e. The molecule has 19 nitrogen and oxygen atoms in total. The van der Waals surface area contributed by atoms with Crippen LogP contribution in [0.5, 0.6) is 23.0 Å². The van der Waals surface area contributed by atoms with E-state index >= 15 is 0 Å². The number of phenolic OH excluding ortho intramolecular Hbond substituents is 3. The Kier molecular flexibility index (Phi) is 14.1. The number of ether oxygens (including phenoxy) is 3. The molecule has 1 unspecified atom stereocenters. The minimum atomic E-state index is -1.55. The summed E-state index contributed by atoms with van der Waals surface area (Å²) in [5.74, 6) is -0.912. The number of phenols is 3. The molecule has 3 aromatic carbocycles. The maximum absolute atomic E-state index is 13.5. The highest BCUT2D eigenvalue weighted by molar-refractivity contribution is 5.94. The van der Waals surface area contributed by atoms with Crippen LogP contribution in [0.2, 0.25) is 0 Å². The quantitative estimate of drug-likeness (QED) is 0.0763. The molecule has 0 saturated carbocycles. The molecule has 1 atom stereocenters. The van der Waals surface area contributed by atoms with E-state index in [1.807, 2.05) is 32.7 Å². The normalized spacial score (nSPS) is 16.7. The van der Waals surface area contributed by atoms with Gasteiger partial charge in [-0.3, -0.25) is 19.0 Å².